The summed E-state index contributed by atoms with van der Waals surface area (Å²) in [6.45, 7) is 4.92. The first kappa shape index (κ1) is 31.5. The smallest absolute Gasteiger partial charge is 0.0795 e. The molecule has 8 rings (SSSR count). The fourth-order valence-corrected chi connectivity index (χ4v) is 7.09. The summed E-state index contributed by atoms with van der Waals surface area (Å²) in [5.41, 5.74) is 6.23. The number of benzene rings is 6. The fourth-order valence-electron chi connectivity index (χ4n) is 6.05. The van der Waals surface area contributed by atoms with Crippen molar-refractivity contribution in [1.29, 1.82) is 0 Å². The molecule has 0 aliphatic heterocycles. The normalized spacial score (nSPS) is 12.1. The molecule has 0 unspecified atom stereocenters. The van der Waals surface area contributed by atoms with Gasteiger partial charge in [0.2, 0.25) is 0 Å². The SMILES string of the molecule is C[Si](C)(C)c1ccc(-c2[c-]cc3c4ccccc4c4ccc(-c5ccccc5)cc4c3c2)nc1.[2H]C([2H])([2H])c1cccc(-c2ccccc2)n1.[CH3-].[Ir]. The topological polar surface area (TPSA) is 25.8 Å². The molecule has 49 heavy (non-hydrogen) atoms. The average molecular weight is 832 g/mol. The van der Waals surface area contributed by atoms with Crippen LogP contribution in [0.3, 0.4) is 0 Å². The second kappa shape index (κ2) is 15.2. The average Bonchev–Trinajstić information content (AvgIpc) is 3.15. The Balaban J connectivity index is 0.000000246. The fraction of sp³-hybridized carbons (Fsp3) is 0.0889. The van der Waals surface area contributed by atoms with Crippen LogP contribution in [0, 0.1) is 20.3 Å². The third kappa shape index (κ3) is 7.63. The van der Waals surface area contributed by atoms with Gasteiger partial charge < -0.3 is 12.4 Å². The molecule has 245 valence electrons. The van der Waals surface area contributed by atoms with Crippen molar-refractivity contribution in [3.8, 4) is 33.6 Å². The first-order chi connectivity index (χ1) is 24.1. The van der Waals surface area contributed by atoms with Crippen molar-refractivity contribution in [3.63, 3.8) is 0 Å². The van der Waals surface area contributed by atoms with E-state index in [1.54, 1.807) is 6.07 Å². The van der Waals surface area contributed by atoms with Crippen LogP contribution in [0.25, 0.3) is 66.0 Å². The second-order valence-corrected chi connectivity index (χ2v) is 17.9. The van der Waals surface area contributed by atoms with Gasteiger partial charge in [0.1, 0.15) is 0 Å². The Hall–Kier alpha value is -4.73. The summed E-state index contributed by atoms with van der Waals surface area (Å²) in [5.74, 6) is 0. The number of nitrogens with zero attached hydrogens (tertiary/aromatic N) is 2. The summed E-state index contributed by atoms with van der Waals surface area (Å²) < 4.78 is 21.9. The number of hydrogen-bond acceptors (Lipinski definition) is 2. The Labute approximate surface area is 309 Å². The molecule has 0 amide bonds. The molecule has 0 aliphatic rings. The van der Waals surface area contributed by atoms with E-state index in [1.165, 1.54) is 54.7 Å². The minimum absolute atomic E-state index is 0. The maximum absolute atomic E-state index is 7.30. The van der Waals surface area contributed by atoms with Crippen LogP contribution >= 0.6 is 0 Å². The third-order valence-corrected chi connectivity index (χ3v) is 10.6. The molecule has 2 heterocycles. The molecule has 8 aromatic rings. The first-order valence-electron chi connectivity index (χ1n) is 17.4. The van der Waals surface area contributed by atoms with Gasteiger partial charge in [0, 0.05) is 41.7 Å². The molecule has 0 saturated heterocycles. The van der Waals surface area contributed by atoms with Crippen LogP contribution in [0.15, 0.2) is 152 Å². The zero-order valence-electron chi connectivity index (χ0n) is 31.2. The number of aryl methyl sites for hydroxylation is 1. The van der Waals surface area contributed by atoms with E-state index in [9.17, 15) is 0 Å². The van der Waals surface area contributed by atoms with Crippen LogP contribution in [0.2, 0.25) is 19.6 Å². The van der Waals surface area contributed by atoms with E-state index in [2.05, 4.69) is 134 Å². The third-order valence-electron chi connectivity index (χ3n) is 8.60. The van der Waals surface area contributed by atoms with Gasteiger partial charge in [0.25, 0.3) is 0 Å². The maximum Gasteiger partial charge on any atom is 0.0795 e. The predicted octanol–water partition coefficient (Wildman–Crippen LogP) is 11.7. The van der Waals surface area contributed by atoms with Crippen molar-refractivity contribution >= 4 is 45.6 Å². The minimum atomic E-state index is -2.15. The van der Waals surface area contributed by atoms with E-state index in [-0.39, 0.29) is 33.2 Å². The maximum atomic E-state index is 7.30. The Kier molecular flexibility index (Phi) is 9.79. The van der Waals surface area contributed by atoms with Crippen molar-refractivity contribution in [1.82, 2.24) is 9.97 Å². The molecule has 2 nitrogen and oxygen atoms in total. The van der Waals surface area contributed by atoms with Crippen LogP contribution < -0.4 is 5.19 Å². The number of pyridine rings is 2. The Morgan fingerprint density at radius 3 is 1.84 bits per heavy atom. The van der Waals surface area contributed by atoms with Gasteiger partial charge in [-0.05, 0) is 63.2 Å². The van der Waals surface area contributed by atoms with E-state index >= 15 is 0 Å². The van der Waals surface area contributed by atoms with Crippen molar-refractivity contribution in [2.75, 3.05) is 0 Å². The van der Waals surface area contributed by atoms with Crippen LogP contribution in [0.5, 0.6) is 0 Å². The van der Waals surface area contributed by atoms with Crippen molar-refractivity contribution < 1.29 is 24.2 Å². The van der Waals surface area contributed by atoms with E-state index in [0.29, 0.717) is 5.69 Å². The van der Waals surface area contributed by atoms with E-state index in [1.807, 2.05) is 36.4 Å². The second-order valence-electron chi connectivity index (χ2n) is 12.8. The monoisotopic (exact) mass is 832 g/mol. The van der Waals surface area contributed by atoms with Crippen LogP contribution in [-0.4, -0.2) is 18.0 Å². The van der Waals surface area contributed by atoms with Crippen molar-refractivity contribution in [2.45, 2.75) is 26.5 Å². The number of fused-ring (bicyclic) bond motifs is 6. The summed E-state index contributed by atoms with van der Waals surface area (Å²) >= 11 is 0. The van der Waals surface area contributed by atoms with Gasteiger partial charge in [-0.3, -0.25) is 4.98 Å². The molecule has 2 aromatic heterocycles. The largest absolute Gasteiger partial charge is 0.358 e. The van der Waals surface area contributed by atoms with Gasteiger partial charge >= 0.3 is 0 Å². The molecule has 0 fully saturated rings. The molecule has 0 bridgehead atoms. The molecule has 4 heteroatoms. The van der Waals surface area contributed by atoms with Crippen molar-refractivity contribution in [2.24, 2.45) is 0 Å². The first-order valence-corrected chi connectivity index (χ1v) is 19.4. The standard InChI is InChI=1S/C32H26NSi.C12H11N.CH3.Ir/c1-34(2,3)25-15-18-32(33-21-25)24-14-17-29-27-12-8-7-11-26(27)28-16-13-23(19-30(28)31(29)20-24)22-9-5-4-6-10-22;1-10-6-5-9-12(13-10)11-7-3-2-4-8-11;;/h4-13,15-21H,1-3H3;2-9H,1H3;1H3;/q-1;;-1;/i;1D3;;. The summed E-state index contributed by atoms with van der Waals surface area (Å²) in [5, 5.41) is 8.95. The Bertz CT molecular complexity index is 2440. The molecule has 0 spiro atoms. The molecule has 6 aromatic carbocycles. The molecular weight excluding hydrogens is 789 g/mol. The van der Waals surface area contributed by atoms with E-state index < -0.39 is 14.9 Å². The molecular formula is C45H40IrN2Si-2. The predicted molar refractivity (Wildman–Crippen MR) is 210 cm³/mol. The van der Waals surface area contributed by atoms with Crippen molar-refractivity contribution in [3.05, 3.63) is 171 Å². The zero-order valence-corrected chi connectivity index (χ0v) is 31.6. The number of aromatic nitrogens is 2. The van der Waals surface area contributed by atoms with Crippen LogP contribution in [0.1, 0.15) is 9.81 Å². The molecule has 0 saturated carbocycles. The molecule has 0 aliphatic carbocycles. The summed E-state index contributed by atoms with van der Waals surface area (Å²) in [6, 6.07) is 53.1. The van der Waals surface area contributed by atoms with Gasteiger partial charge in [-0.2, -0.15) is 0 Å². The van der Waals surface area contributed by atoms with Gasteiger partial charge in [-0.1, -0.05) is 151 Å². The minimum Gasteiger partial charge on any atom is -0.358 e. The molecule has 1 radical (unpaired) electrons. The van der Waals surface area contributed by atoms with Gasteiger partial charge in [0.05, 0.1) is 13.8 Å². The summed E-state index contributed by atoms with van der Waals surface area (Å²) in [7, 11) is -1.38. The summed E-state index contributed by atoms with van der Waals surface area (Å²) in [6.07, 6.45) is 2.06. The van der Waals surface area contributed by atoms with Gasteiger partial charge in [0.15, 0.2) is 0 Å². The summed E-state index contributed by atoms with van der Waals surface area (Å²) in [4.78, 5) is 8.98. The Morgan fingerprint density at radius 2 is 1.18 bits per heavy atom. The molecule has 0 N–H and O–H groups in total. The van der Waals surface area contributed by atoms with Gasteiger partial charge in [-0.25, -0.2) is 0 Å². The quantitative estimate of drug-likeness (QED) is 0.100. The van der Waals surface area contributed by atoms with Gasteiger partial charge in [-0.15, -0.1) is 23.8 Å². The van der Waals surface area contributed by atoms with Crippen LogP contribution in [-0.2, 0) is 20.1 Å². The van der Waals surface area contributed by atoms with E-state index in [0.717, 1.165) is 16.8 Å². The van der Waals surface area contributed by atoms with Crippen LogP contribution in [0.4, 0.5) is 0 Å². The van der Waals surface area contributed by atoms with E-state index in [4.69, 9.17) is 9.10 Å². The molecule has 0 atom stereocenters. The zero-order chi connectivity index (χ0) is 34.9. The number of hydrogen-bond donors (Lipinski definition) is 0. The number of rotatable bonds is 4. The Morgan fingerprint density at radius 1 is 0.551 bits per heavy atom.